The van der Waals surface area contributed by atoms with Gasteiger partial charge in [-0.05, 0) is 41.1 Å². The molecule has 0 aliphatic carbocycles. The molecule has 16 heavy (non-hydrogen) atoms. The number of hydrogen-bond acceptors (Lipinski definition) is 3. The monoisotopic (exact) mass is 360 g/mol. The Labute approximate surface area is 115 Å². The van der Waals surface area contributed by atoms with Crippen molar-refractivity contribution in [3.05, 3.63) is 43.7 Å². The minimum atomic E-state index is 0.214. The topological polar surface area (TPSA) is 24.9 Å². The van der Waals surface area contributed by atoms with E-state index in [1.165, 1.54) is 0 Å². The fourth-order valence-electron chi connectivity index (χ4n) is 1.36. The zero-order valence-electron chi connectivity index (χ0n) is 8.58. The molecule has 0 radical (unpaired) electrons. The molecule has 1 unspecified atom stereocenters. The average molecular weight is 362 g/mol. The zero-order valence-corrected chi connectivity index (χ0v) is 12.6. The van der Waals surface area contributed by atoms with Crippen molar-refractivity contribution in [2.75, 3.05) is 5.32 Å². The van der Waals surface area contributed by atoms with Crippen LogP contribution in [-0.4, -0.2) is 4.98 Å². The molecule has 0 saturated carbocycles. The Balaban J connectivity index is 2.10. The standard InChI is InChI=1S/C11H10Br2N2S/c1-7(11-14-6-10(13)16-11)15-9-4-2-3-8(12)5-9/h2-7,15H,1H3. The lowest BCUT2D eigenvalue weighted by Crippen LogP contribution is -2.05. The Hall–Kier alpha value is -0.390. The molecule has 0 spiro atoms. The first kappa shape index (κ1) is 12.1. The van der Waals surface area contributed by atoms with E-state index >= 15 is 0 Å². The summed E-state index contributed by atoms with van der Waals surface area (Å²) in [7, 11) is 0. The third kappa shape index (κ3) is 3.06. The van der Waals surface area contributed by atoms with Crippen molar-refractivity contribution in [3.63, 3.8) is 0 Å². The molecule has 1 aromatic heterocycles. The first-order valence-electron chi connectivity index (χ1n) is 4.78. The summed E-state index contributed by atoms with van der Waals surface area (Å²) in [5.41, 5.74) is 1.09. The molecule has 2 rings (SSSR count). The summed E-state index contributed by atoms with van der Waals surface area (Å²) >= 11 is 8.52. The van der Waals surface area contributed by atoms with Crippen LogP contribution in [0.1, 0.15) is 18.0 Å². The number of hydrogen-bond donors (Lipinski definition) is 1. The third-order valence-electron chi connectivity index (χ3n) is 2.07. The van der Waals surface area contributed by atoms with E-state index in [4.69, 9.17) is 0 Å². The van der Waals surface area contributed by atoms with Gasteiger partial charge in [-0.2, -0.15) is 0 Å². The van der Waals surface area contributed by atoms with E-state index in [0.29, 0.717) is 0 Å². The second-order valence-electron chi connectivity index (χ2n) is 3.38. The van der Waals surface area contributed by atoms with Crippen LogP contribution in [-0.2, 0) is 0 Å². The Morgan fingerprint density at radius 3 is 2.81 bits per heavy atom. The first-order chi connectivity index (χ1) is 7.65. The maximum Gasteiger partial charge on any atom is 0.116 e. The van der Waals surface area contributed by atoms with Gasteiger partial charge in [-0.1, -0.05) is 22.0 Å². The minimum absolute atomic E-state index is 0.214. The lowest BCUT2D eigenvalue weighted by molar-refractivity contribution is 0.869. The van der Waals surface area contributed by atoms with Crippen molar-refractivity contribution in [1.29, 1.82) is 0 Å². The van der Waals surface area contributed by atoms with Crippen molar-refractivity contribution < 1.29 is 0 Å². The summed E-state index contributed by atoms with van der Waals surface area (Å²) in [6.45, 7) is 2.10. The summed E-state index contributed by atoms with van der Waals surface area (Å²) in [6.07, 6.45) is 1.83. The van der Waals surface area contributed by atoms with Crippen LogP contribution in [0.25, 0.3) is 0 Å². The maximum absolute atomic E-state index is 4.33. The molecular formula is C11H10Br2N2S. The van der Waals surface area contributed by atoms with Gasteiger partial charge in [-0.25, -0.2) is 4.98 Å². The van der Waals surface area contributed by atoms with Crippen molar-refractivity contribution >= 4 is 48.9 Å². The predicted octanol–water partition coefficient (Wildman–Crippen LogP) is 4.84. The van der Waals surface area contributed by atoms with Gasteiger partial charge in [0, 0.05) is 10.2 Å². The third-order valence-corrected chi connectivity index (χ3v) is 4.23. The first-order valence-corrected chi connectivity index (χ1v) is 7.19. The summed E-state index contributed by atoms with van der Waals surface area (Å²) in [5.74, 6) is 0. The van der Waals surface area contributed by atoms with Gasteiger partial charge in [-0.15, -0.1) is 11.3 Å². The number of nitrogens with zero attached hydrogens (tertiary/aromatic N) is 1. The SMILES string of the molecule is CC(Nc1cccc(Br)c1)c1ncc(Br)s1. The Morgan fingerprint density at radius 1 is 1.38 bits per heavy atom. The second-order valence-corrected chi connectivity index (χ2v) is 6.74. The van der Waals surface area contributed by atoms with Gasteiger partial charge in [0.05, 0.1) is 16.0 Å². The van der Waals surface area contributed by atoms with E-state index < -0.39 is 0 Å². The van der Waals surface area contributed by atoms with Crippen molar-refractivity contribution in [3.8, 4) is 0 Å². The average Bonchev–Trinajstić information content (AvgIpc) is 2.65. The minimum Gasteiger partial charge on any atom is -0.376 e. The summed E-state index contributed by atoms with van der Waals surface area (Å²) in [5, 5.41) is 4.49. The number of halogens is 2. The van der Waals surface area contributed by atoms with E-state index in [1.807, 2.05) is 24.4 Å². The number of aromatic nitrogens is 1. The molecule has 0 amide bonds. The summed E-state index contributed by atoms with van der Waals surface area (Å²) in [6, 6.07) is 8.33. The zero-order chi connectivity index (χ0) is 11.5. The molecule has 0 aliphatic rings. The molecule has 2 nitrogen and oxygen atoms in total. The van der Waals surface area contributed by atoms with E-state index in [0.717, 1.165) is 19.0 Å². The molecule has 0 fully saturated rings. The Bertz CT molecular complexity index is 484. The Kier molecular flexibility index (Phi) is 4.00. The van der Waals surface area contributed by atoms with E-state index in [9.17, 15) is 0 Å². The highest BCUT2D eigenvalue weighted by Crippen LogP contribution is 2.27. The molecule has 0 bridgehead atoms. The number of benzene rings is 1. The number of rotatable bonds is 3. The maximum atomic E-state index is 4.33. The van der Waals surface area contributed by atoms with Crippen LogP contribution < -0.4 is 5.32 Å². The van der Waals surface area contributed by atoms with Crippen molar-refractivity contribution in [1.82, 2.24) is 4.98 Å². The van der Waals surface area contributed by atoms with E-state index in [-0.39, 0.29) is 6.04 Å². The fourth-order valence-corrected chi connectivity index (χ4v) is 3.00. The summed E-state index contributed by atoms with van der Waals surface area (Å²) in [4.78, 5) is 4.33. The van der Waals surface area contributed by atoms with Crippen molar-refractivity contribution in [2.24, 2.45) is 0 Å². The van der Waals surface area contributed by atoms with Crippen molar-refractivity contribution in [2.45, 2.75) is 13.0 Å². The second kappa shape index (κ2) is 5.29. The van der Waals surface area contributed by atoms with Crippen LogP contribution in [0.3, 0.4) is 0 Å². The van der Waals surface area contributed by atoms with Crippen LogP contribution >= 0.6 is 43.2 Å². The van der Waals surface area contributed by atoms with Gasteiger partial charge >= 0.3 is 0 Å². The molecule has 84 valence electrons. The normalized spacial score (nSPS) is 12.4. The molecule has 0 saturated heterocycles. The molecule has 1 atom stereocenters. The van der Waals surface area contributed by atoms with Crippen LogP contribution in [0.5, 0.6) is 0 Å². The fraction of sp³-hybridized carbons (Fsp3) is 0.182. The smallest absolute Gasteiger partial charge is 0.116 e. The number of nitrogens with one attached hydrogen (secondary N) is 1. The molecule has 1 aromatic carbocycles. The van der Waals surface area contributed by atoms with Gasteiger partial charge in [-0.3, -0.25) is 0 Å². The highest BCUT2D eigenvalue weighted by atomic mass is 79.9. The molecule has 2 aromatic rings. The van der Waals surface area contributed by atoms with Gasteiger partial charge in [0.25, 0.3) is 0 Å². The lowest BCUT2D eigenvalue weighted by atomic mass is 10.3. The largest absolute Gasteiger partial charge is 0.376 e. The molecule has 1 N–H and O–H groups in total. The number of anilines is 1. The molecular weight excluding hydrogens is 352 g/mol. The Morgan fingerprint density at radius 2 is 2.19 bits per heavy atom. The molecule has 1 heterocycles. The number of thiazole rings is 1. The highest BCUT2D eigenvalue weighted by molar-refractivity contribution is 9.11. The van der Waals surface area contributed by atoms with Gasteiger partial charge in [0.1, 0.15) is 5.01 Å². The van der Waals surface area contributed by atoms with Gasteiger partial charge < -0.3 is 5.32 Å². The quantitative estimate of drug-likeness (QED) is 0.845. The van der Waals surface area contributed by atoms with Crippen LogP contribution in [0.4, 0.5) is 5.69 Å². The molecule has 0 aliphatic heterocycles. The lowest BCUT2D eigenvalue weighted by Gasteiger charge is -2.12. The predicted molar refractivity (Wildman–Crippen MR) is 76.0 cm³/mol. The highest BCUT2D eigenvalue weighted by Gasteiger charge is 2.09. The molecule has 5 heteroatoms. The van der Waals surface area contributed by atoms with Gasteiger partial charge in [0.15, 0.2) is 0 Å². The van der Waals surface area contributed by atoms with Crippen LogP contribution in [0, 0.1) is 0 Å². The van der Waals surface area contributed by atoms with Crippen LogP contribution in [0.2, 0.25) is 0 Å². The van der Waals surface area contributed by atoms with E-state index in [2.05, 4.69) is 55.2 Å². The van der Waals surface area contributed by atoms with Gasteiger partial charge in [0.2, 0.25) is 0 Å². The summed E-state index contributed by atoms with van der Waals surface area (Å²) < 4.78 is 2.13. The van der Waals surface area contributed by atoms with E-state index in [1.54, 1.807) is 11.3 Å². The van der Waals surface area contributed by atoms with Crippen LogP contribution in [0.15, 0.2) is 38.7 Å².